The molecule has 32 heavy (non-hydrogen) atoms. The SMILES string of the molecule is Cc1cc2ncn(CC=C3c4ccccc4C=Cc4ccc(CC(=O)O)cc43)c2cc1C. The number of carboxylic acid groups (broad SMARTS) is 1. The lowest BCUT2D eigenvalue weighted by Gasteiger charge is -2.14. The fraction of sp³-hybridized carbons (Fsp3) is 0.143. The molecule has 4 nitrogen and oxygen atoms in total. The van der Waals surface area contributed by atoms with E-state index in [0.717, 1.165) is 44.4 Å². The quantitative estimate of drug-likeness (QED) is 0.394. The summed E-state index contributed by atoms with van der Waals surface area (Å²) in [5.41, 5.74) is 11.0. The molecule has 4 aromatic rings. The molecule has 0 spiro atoms. The Kier molecular flexibility index (Phi) is 4.98. The Bertz CT molecular complexity index is 1420. The molecule has 1 N–H and O–H groups in total. The lowest BCUT2D eigenvalue weighted by atomic mass is 9.91. The van der Waals surface area contributed by atoms with Crippen LogP contribution in [-0.4, -0.2) is 20.6 Å². The minimum atomic E-state index is -0.824. The number of benzene rings is 3. The van der Waals surface area contributed by atoms with E-state index in [-0.39, 0.29) is 6.42 Å². The Hall–Kier alpha value is -3.92. The second-order valence-corrected chi connectivity index (χ2v) is 8.35. The molecule has 0 bridgehead atoms. The summed E-state index contributed by atoms with van der Waals surface area (Å²) in [5, 5.41) is 9.28. The maximum Gasteiger partial charge on any atom is 0.307 e. The van der Waals surface area contributed by atoms with Gasteiger partial charge in [-0.2, -0.15) is 0 Å². The van der Waals surface area contributed by atoms with Crippen LogP contribution in [0.15, 0.2) is 67.0 Å². The lowest BCUT2D eigenvalue weighted by Crippen LogP contribution is -2.02. The van der Waals surface area contributed by atoms with Crippen molar-refractivity contribution in [3.8, 4) is 0 Å². The van der Waals surface area contributed by atoms with E-state index < -0.39 is 5.97 Å². The molecule has 3 aromatic carbocycles. The number of rotatable bonds is 4. The summed E-state index contributed by atoms with van der Waals surface area (Å²) in [6, 6.07) is 18.6. The van der Waals surface area contributed by atoms with Gasteiger partial charge in [0.1, 0.15) is 0 Å². The van der Waals surface area contributed by atoms with Crippen LogP contribution >= 0.6 is 0 Å². The molecule has 1 aromatic heterocycles. The van der Waals surface area contributed by atoms with Gasteiger partial charge in [0.05, 0.1) is 23.8 Å². The number of allylic oxidation sites excluding steroid dienone is 1. The number of carbonyl (C=O) groups is 1. The van der Waals surface area contributed by atoms with Crippen molar-refractivity contribution in [2.75, 3.05) is 0 Å². The Balaban J connectivity index is 1.64. The predicted molar refractivity (Wildman–Crippen MR) is 129 cm³/mol. The Morgan fingerprint density at radius 2 is 1.72 bits per heavy atom. The maximum atomic E-state index is 11.3. The molecule has 158 valence electrons. The summed E-state index contributed by atoms with van der Waals surface area (Å²) >= 11 is 0. The topological polar surface area (TPSA) is 55.1 Å². The predicted octanol–water partition coefficient (Wildman–Crippen LogP) is 5.90. The van der Waals surface area contributed by atoms with E-state index in [4.69, 9.17) is 0 Å². The van der Waals surface area contributed by atoms with Gasteiger partial charge >= 0.3 is 5.97 Å². The van der Waals surface area contributed by atoms with Crippen LogP contribution in [0.5, 0.6) is 0 Å². The van der Waals surface area contributed by atoms with Crippen LogP contribution in [0, 0.1) is 13.8 Å². The Labute approximate surface area is 187 Å². The van der Waals surface area contributed by atoms with E-state index in [1.54, 1.807) is 0 Å². The molecular weight excluding hydrogens is 396 g/mol. The normalized spacial score (nSPS) is 13.8. The monoisotopic (exact) mass is 420 g/mol. The molecule has 0 atom stereocenters. The van der Waals surface area contributed by atoms with Crippen molar-refractivity contribution < 1.29 is 9.90 Å². The molecule has 1 aliphatic carbocycles. The van der Waals surface area contributed by atoms with Gasteiger partial charge in [0, 0.05) is 6.54 Å². The minimum absolute atomic E-state index is 0.0106. The average Bonchev–Trinajstić information content (AvgIpc) is 3.07. The van der Waals surface area contributed by atoms with Gasteiger partial charge in [0.25, 0.3) is 0 Å². The van der Waals surface area contributed by atoms with Gasteiger partial charge in [-0.25, -0.2) is 4.98 Å². The molecule has 0 saturated carbocycles. The number of carboxylic acids is 1. The van der Waals surface area contributed by atoms with Gasteiger partial charge in [0.15, 0.2) is 0 Å². The summed E-state index contributed by atoms with van der Waals surface area (Å²) in [6.07, 6.45) is 8.37. The van der Waals surface area contributed by atoms with Gasteiger partial charge in [-0.1, -0.05) is 54.6 Å². The van der Waals surface area contributed by atoms with E-state index in [2.05, 4.69) is 65.9 Å². The third kappa shape index (κ3) is 3.65. The number of imidazole rings is 1. The number of fused-ring (bicyclic) bond motifs is 3. The number of aliphatic carboxylic acids is 1. The lowest BCUT2D eigenvalue weighted by molar-refractivity contribution is -0.136. The maximum absolute atomic E-state index is 11.3. The van der Waals surface area contributed by atoms with E-state index in [0.29, 0.717) is 6.54 Å². The summed E-state index contributed by atoms with van der Waals surface area (Å²) < 4.78 is 2.16. The van der Waals surface area contributed by atoms with Crippen LogP contribution in [0.3, 0.4) is 0 Å². The van der Waals surface area contributed by atoms with Crippen LogP contribution in [0.2, 0.25) is 0 Å². The molecule has 1 heterocycles. The van der Waals surface area contributed by atoms with Crippen molar-refractivity contribution in [3.63, 3.8) is 0 Å². The van der Waals surface area contributed by atoms with Crippen LogP contribution in [-0.2, 0) is 17.8 Å². The van der Waals surface area contributed by atoms with Crippen molar-refractivity contribution in [2.24, 2.45) is 0 Å². The fourth-order valence-corrected chi connectivity index (χ4v) is 4.35. The average molecular weight is 421 g/mol. The van der Waals surface area contributed by atoms with Crippen molar-refractivity contribution >= 4 is 34.7 Å². The van der Waals surface area contributed by atoms with Gasteiger partial charge in [0.2, 0.25) is 0 Å². The van der Waals surface area contributed by atoms with Gasteiger partial charge in [-0.15, -0.1) is 0 Å². The number of hydrogen-bond donors (Lipinski definition) is 1. The fourth-order valence-electron chi connectivity index (χ4n) is 4.35. The third-order valence-corrected chi connectivity index (χ3v) is 6.19. The first-order chi connectivity index (χ1) is 15.5. The zero-order valence-electron chi connectivity index (χ0n) is 18.2. The molecule has 4 heteroatoms. The van der Waals surface area contributed by atoms with E-state index >= 15 is 0 Å². The zero-order valence-corrected chi connectivity index (χ0v) is 18.2. The van der Waals surface area contributed by atoms with Gasteiger partial charge in [-0.3, -0.25) is 4.79 Å². The highest BCUT2D eigenvalue weighted by Crippen LogP contribution is 2.34. The first-order valence-electron chi connectivity index (χ1n) is 10.7. The largest absolute Gasteiger partial charge is 0.481 e. The van der Waals surface area contributed by atoms with Gasteiger partial charge in [-0.05, 0) is 76.6 Å². The molecule has 0 radical (unpaired) electrons. The standard InChI is InChI=1S/C28H24N2O2/c1-18-13-26-27(14-19(18)2)30(17-29-26)12-11-24-23-6-4-3-5-21(23)9-10-22-8-7-20(15-25(22)24)16-28(31)32/h3-11,13-15,17H,12,16H2,1-2H3,(H,31,32). The van der Waals surface area contributed by atoms with Crippen LogP contribution in [0.1, 0.15) is 38.9 Å². The molecule has 1 aliphatic rings. The summed E-state index contributed by atoms with van der Waals surface area (Å²) in [5.74, 6) is -0.824. The third-order valence-electron chi connectivity index (χ3n) is 6.19. The van der Waals surface area contributed by atoms with Crippen molar-refractivity contribution in [1.29, 1.82) is 0 Å². The van der Waals surface area contributed by atoms with Crippen molar-refractivity contribution in [3.05, 3.63) is 106 Å². The van der Waals surface area contributed by atoms with E-state index in [1.807, 2.05) is 36.7 Å². The summed E-state index contributed by atoms with van der Waals surface area (Å²) in [7, 11) is 0. The molecule has 0 saturated heterocycles. The number of aromatic nitrogens is 2. The first-order valence-corrected chi connectivity index (χ1v) is 10.7. The highest BCUT2D eigenvalue weighted by molar-refractivity contribution is 5.94. The molecule has 5 rings (SSSR count). The highest BCUT2D eigenvalue weighted by atomic mass is 16.4. The van der Waals surface area contributed by atoms with Crippen molar-refractivity contribution in [1.82, 2.24) is 9.55 Å². The Morgan fingerprint density at radius 1 is 0.969 bits per heavy atom. The first kappa shape index (κ1) is 20.0. The molecule has 0 amide bonds. The number of hydrogen-bond acceptors (Lipinski definition) is 2. The highest BCUT2D eigenvalue weighted by Gasteiger charge is 2.16. The number of nitrogens with zero attached hydrogens (tertiary/aromatic N) is 2. The van der Waals surface area contributed by atoms with Crippen LogP contribution in [0.4, 0.5) is 0 Å². The van der Waals surface area contributed by atoms with Gasteiger partial charge < -0.3 is 9.67 Å². The zero-order chi connectivity index (χ0) is 22.2. The van der Waals surface area contributed by atoms with E-state index in [9.17, 15) is 9.90 Å². The van der Waals surface area contributed by atoms with Crippen molar-refractivity contribution in [2.45, 2.75) is 26.8 Å². The second-order valence-electron chi connectivity index (χ2n) is 8.35. The smallest absolute Gasteiger partial charge is 0.307 e. The summed E-state index contributed by atoms with van der Waals surface area (Å²) in [4.78, 5) is 15.9. The molecular formula is C28H24N2O2. The summed E-state index contributed by atoms with van der Waals surface area (Å²) in [6.45, 7) is 4.90. The Morgan fingerprint density at radius 3 is 2.53 bits per heavy atom. The second kappa shape index (κ2) is 7.97. The molecule has 0 aliphatic heterocycles. The molecule has 0 unspecified atom stereocenters. The van der Waals surface area contributed by atoms with Crippen LogP contribution in [0.25, 0.3) is 28.8 Å². The minimum Gasteiger partial charge on any atom is -0.481 e. The van der Waals surface area contributed by atoms with E-state index in [1.165, 1.54) is 11.1 Å². The number of aryl methyl sites for hydroxylation is 2. The molecule has 0 fully saturated rings. The van der Waals surface area contributed by atoms with Crippen LogP contribution < -0.4 is 0 Å².